The molecule has 0 saturated carbocycles. The summed E-state index contributed by atoms with van der Waals surface area (Å²) in [5, 5.41) is 0.500. The first-order valence-corrected chi connectivity index (χ1v) is 11.0. The number of para-hydroxylation sites is 2. The van der Waals surface area contributed by atoms with Crippen LogP contribution in [0.25, 0.3) is 38.9 Å². The molecule has 7 heteroatoms. The zero-order valence-corrected chi connectivity index (χ0v) is 18.1. The SMILES string of the molecule is Cc1ccc(C)c(-n2c3nc4ccccc4nc3c3c(=O)n(C[C@@H]4CCCO4)cnc32)c1. The van der Waals surface area contributed by atoms with Gasteiger partial charge >= 0.3 is 0 Å². The van der Waals surface area contributed by atoms with Crippen LogP contribution in [0, 0.1) is 13.8 Å². The Hall–Kier alpha value is -3.58. The van der Waals surface area contributed by atoms with Crippen LogP contribution in [0.1, 0.15) is 24.0 Å². The highest BCUT2D eigenvalue weighted by atomic mass is 16.5. The van der Waals surface area contributed by atoms with Crippen molar-refractivity contribution in [1.82, 2.24) is 24.1 Å². The lowest BCUT2D eigenvalue weighted by molar-refractivity contribution is 0.0960. The van der Waals surface area contributed by atoms with Crippen molar-refractivity contribution in [1.29, 1.82) is 0 Å². The molecular weight excluding hydrogens is 402 g/mol. The standard InChI is InChI=1S/C25H23N5O2/c1-15-9-10-16(2)20(12-15)30-23-21(22-24(30)28-19-8-4-3-7-18(19)27-22)25(31)29(14-26-23)13-17-6-5-11-32-17/h3-4,7-10,12,14,17H,5-6,11,13H2,1-2H3/t17-/m0/s1. The van der Waals surface area contributed by atoms with E-state index in [2.05, 4.69) is 32.0 Å². The Balaban J connectivity index is 1.71. The van der Waals surface area contributed by atoms with Crippen molar-refractivity contribution in [3.63, 3.8) is 0 Å². The fourth-order valence-corrected chi connectivity index (χ4v) is 4.60. The van der Waals surface area contributed by atoms with Gasteiger partial charge in [0.05, 0.1) is 29.4 Å². The smallest absolute Gasteiger partial charge is 0.265 e. The molecule has 0 aliphatic carbocycles. The predicted molar refractivity (Wildman–Crippen MR) is 124 cm³/mol. The molecule has 6 rings (SSSR count). The van der Waals surface area contributed by atoms with Gasteiger partial charge in [-0.05, 0) is 56.0 Å². The molecule has 1 fully saturated rings. The van der Waals surface area contributed by atoms with Gasteiger partial charge in [-0.25, -0.2) is 15.0 Å². The monoisotopic (exact) mass is 425 g/mol. The molecule has 1 saturated heterocycles. The van der Waals surface area contributed by atoms with Crippen molar-refractivity contribution in [2.24, 2.45) is 0 Å². The van der Waals surface area contributed by atoms with Crippen LogP contribution in [0.15, 0.2) is 53.6 Å². The fourth-order valence-electron chi connectivity index (χ4n) is 4.60. The van der Waals surface area contributed by atoms with Crippen LogP contribution in [0.4, 0.5) is 0 Å². The molecule has 3 aromatic heterocycles. The number of hydrogen-bond acceptors (Lipinski definition) is 5. The Labute approximate surface area is 184 Å². The van der Waals surface area contributed by atoms with E-state index >= 15 is 0 Å². The average molecular weight is 425 g/mol. The second kappa shape index (κ2) is 7.24. The third kappa shape index (κ3) is 2.92. The minimum Gasteiger partial charge on any atom is -0.376 e. The number of nitrogens with zero attached hydrogens (tertiary/aromatic N) is 5. The Bertz CT molecular complexity index is 1560. The summed E-state index contributed by atoms with van der Waals surface area (Å²) in [7, 11) is 0. The molecule has 0 unspecified atom stereocenters. The highest BCUT2D eigenvalue weighted by Crippen LogP contribution is 2.30. The zero-order valence-electron chi connectivity index (χ0n) is 18.1. The van der Waals surface area contributed by atoms with Crippen LogP contribution in [-0.4, -0.2) is 36.8 Å². The van der Waals surface area contributed by atoms with E-state index in [4.69, 9.17) is 19.7 Å². The van der Waals surface area contributed by atoms with Crippen molar-refractivity contribution < 1.29 is 4.74 Å². The lowest BCUT2D eigenvalue weighted by atomic mass is 10.1. The van der Waals surface area contributed by atoms with E-state index in [9.17, 15) is 4.79 Å². The molecule has 0 bridgehead atoms. The maximum atomic E-state index is 13.6. The summed E-state index contributed by atoms with van der Waals surface area (Å²) < 4.78 is 9.38. The third-order valence-electron chi connectivity index (χ3n) is 6.26. The van der Waals surface area contributed by atoms with E-state index in [-0.39, 0.29) is 11.7 Å². The quantitative estimate of drug-likeness (QED) is 0.435. The number of aryl methyl sites for hydroxylation is 2. The number of aromatic nitrogens is 5. The first-order chi connectivity index (χ1) is 15.6. The molecule has 7 nitrogen and oxygen atoms in total. The van der Waals surface area contributed by atoms with Crippen LogP contribution >= 0.6 is 0 Å². The maximum absolute atomic E-state index is 13.6. The highest BCUT2D eigenvalue weighted by Gasteiger charge is 2.23. The van der Waals surface area contributed by atoms with Crippen LogP contribution < -0.4 is 5.56 Å². The van der Waals surface area contributed by atoms with Gasteiger partial charge in [-0.1, -0.05) is 24.3 Å². The number of hydrogen-bond donors (Lipinski definition) is 0. The molecule has 4 heterocycles. The first-order valence-electron chi connectivity index (χ1n) is 11.0. The summed E-state index contributed by atoms with van der Waals surface area (Å²) in [5.41, 5.74) is 6.41. The Morgan fingerprint density at radius 2 is 1.88 bits per heavy atom. The molecule has 160 valence electrons. The minimum atomic E-state index is -0.107. The van der Waals surface area contributed by atoms with Crippen LogP contribution in [0.3, 0.4) is 0 Å². The second-order valence-electron chi connectivity index (χ2n) is 8.55. The number of fused-ring (bicyclic) bond motifs is 4. The summed E-state index contributed by atoms with van der Waals surface area (Å²) >= 11 is 0. The van der Waals surface area contributed by atoms with Crippen molar-refractivity contribution in [3.05, 3.63) is 70.3 Å². The number of rotatable bonds is 3. The molecule has 32 heavy (non-hydrogen) atoms. The zero-order chi connectivity index (χ0) is 21.8. The van der Waals surface area contributed by atoms with Gasteiger partial charge in [0.2, 0.25) is 0 Å². The molecule has 0 spiro atoms. The van der Waals surface area contributed by atoms with Crippen molar-refractivity contribution in [3.8, 4) is 5.69 Å². The van der Waals surface area contributed by atoms with E-state index < -0.39 is 0 Å². The third-order valence-corrected chi connectivity index (χ3v) is 6.26. The Morgan fingerprint density at radius 3 is 2.66 bits per heavy atom. The Kier molecular flexibility index (Phi) is 4.33. The number of benzene rings is 2. The van der Waals surface area contributed by atoms with Crippen LogP contribution in [0.5, 0.6) is 0 Å². The van der Waals surface area contributed by atoms with E-state index in [1.165, 1.54) is 0 Å². The van der Waals surface area contributed by atoms with E-state index in [1.807, 2.05) is 28.8 Å². The van der Waals surface area contributed by atoms with Gasteiger partial charge in [-0.2, -0.15) is 0 Å². The van der Waals surface area contributed by atoms with Crippen LogP contribution in [-0.2, 0) is 11.3 Å². The molecule has 0 radical (unpaired) electrons. The minimum absolute atomic E-state index is 0.0474. The highest BCUT2D eigenvalue weighted by molar-refractivity contribution is 6.05. The topological polar surface area (TPSA) is 74.8 Å². The Morgan fingerprint density at radius 1 is 1.06 bits per heavy atom. The van der Waals surface area contributed by atoms with Crippen molar-refractivity contribution >= 4 is 33.2 Å². The summed E-state index contributed by atoms with van der Waals surface area (Å²) in [6, 6.07) is 14.0. The molecule has 1 aliphatic heterocycles. The lowest BCUT2D eigenvalue weighted by Crippen LogP contribution is -2.26. The largest absolute Gasteiger partial charge is 0.376 e. The predicted octanol–water partition coefficient (Wildman–Crippen LogP) is 4.08. The summed E-state index contributed by atoms with van der Waals surface area (Å²) in [6.07, 6.45) is 3.66. The van der Waals surface area contributed by atoms with Gasteiger partial charge in [0, 0.05) is 6.61 Å². The average Bonchev–Trinajstić information content (AvgIpc) is 3.42. The van der Waals surface area contributed by atoms with Gasteiger partial charge in [0.15, 0.2) is 11.3 Å². The van der Waals surface area contributed by atoms with Gasteiger partial charge < -0.3 is 4.74 Å². The molecule has 5 aromatic rings. The molecular formula is C25H23N5O2. The van der Waals surface area contributed by atoms with E-state index in [0.29, 0.717) is 28.7 Å². The van der Waals surface area contributed by atoms with E-state index in [1.54, 1.807) is 10.9 Å². The van der Waals surface area contributed by atoms with Gasteiger partial charge in [-0.15, -0.1) is 0 Å². The van der Waals surface area contributed by atoms with Gasteiger partial charge in [-0.3, -0.25) is 13.9 Å². The normalized spacial score (nSPS) is 16.5. The second-order valence-corrected chi connectivity index (χ2v) is 8.55. The first kappa shape index (κ1) is 19.1. The molecule has 2 aromatic carbocycles. The van der Waals surface area contributed by atoms with Gasteiger partial charge in [0.1, 0.15) is 17.2 Å². The van der Waals surface area contributed by atoms with Crippen molar-refractivity contribution in [2.45, 2.75) is 39.3 Å². The fraction of sp³-hybridized carbons (Fsp3) is 0.280. The number of ether oxygens (including phenoxy) is 1. The summed E-state index contributed by atoms with van der Waals surface area (Å²) in [6.45, 7) is 5.36. The summed E-state index contributed by atoms with van der Waals surface area (Å²) in [5.74, 6) is 0. The lowest BCUT2D eigenvalue weighted by Gasteiger charge is -2.12. The molecule has 0 N–H and O–H groups in total. The van der Waals surface area contributed by atoms with Crippen LogP contribution in [0.2, 0.25) is 0 Å². The van der Waals surface area contributed by atoms with E-state index in [0.717, 1.165) is 47.3 Å². The van der Waals surface area contributed by atoms with Gasteiger partial charge in [0.25, 0.3) is 5.56 Å². The molecule has 1 aliphatic rings. The summed E-state index contributed by atoms with van der Waals surface area (Å²) in [4.78, 5) is 28.2. The maximum Gasteiger partial charge on any atom is 0.265 e. The van der Waals surface area contributed by atoms with Crippen molar-refractivity contribution in [2.75, 3.05) is 6.61 Å². The molecule has 0 amide bonds. The molecule has 1 atom stereocenters.